The average Bonchev–Trinajstić information content (AvgIpc) is 3.18. The first kappa shape index (κ1) is 17.5. The molecule has 0 radical (unpaired) electrons. The van der Waals surface area contributed by atoms with E-state index in [1.807, 2.05) is 0 Å². The fourth-order valence-electron chi connectivity index (χ4n) is 3.68. The van der Waals surface area contributed by atoms with Gasteiger partial charge in [-0.15, -0.1) is 0 Å². The molecule has 4 rings (SSSR count). The van der Waals surface area contributed by atoms with Crippen LogP contribution in [0, 0.1) is 29.2 Å². The maximum atomic E-state index is 14.0. The summed E-state index contributed by atoms with van der Waals surface area (Å²) in [5, 5.41) is 0. The second-order valence-corrected chi connectivity index (χ2v) is 6.63. The number of benzene rings is 2. The van der Waals surface area contributed by atoms with Gasteiger partial charge < -0.3 is 9.80 Å². The van der Waals surface area contributed by atoms with Crippen LogP contribution in [0.3, 0.4) is 0 Å². The lowest BCUT2D eigenvalue weighted by atomic mass is 10.1. The van der Waals surface area contributed by atoms with Gasteiger partial charge >= 0.3 is 0 Å². The molecule has 0 aliphatic carbocycles. The van der Waals surface area contributed by atoms with Crippen molar-refractivity contribution in [3.8, 4) is 0 Å². The molecule has 8 heteroatoms. The Kier molecular flexibility index (Phi) is 4.13. The summed E-state index contributed by atoms with van der Waals surface area (Å²) in [6.07, 6.45) is 0.101. The van der Waals surface area contributed by atoms with Crippen LogP contribution in [-0.4, -0.2) is 24.9 Å². The van der Waals surface area contributed by atoms with E-state index >= 15 is 0 Å². The highest BCUT2D eigenvalue weighted by Crippen LogP contribution is 2.35. The van der Waals surface area contributed by atoms with Gasteiger partial charge in [-0.1, -0.05) is 0 Å². The smallest absolute Gasteiger partial charge is 0.232 e. The third-order valence-electron chi connectivity index (χ3n) is 4.95. The normalized spacial score (nSPS) is 19.0. The van der Waals surface area contributed by atoms with Crippen LogP contribution in [0.25, 0.3) is 0 Å². The molecule has 0 N–H and O–H groups in total. The van der Waals surface area contributed by atoms with Gasteiger partial charge in [0, 0.05) is 37.2 Å². The third kappa shape index (κ3) is 2.94. The standard InChI is InChI=1S/C19H14F4N2O2/c20-11-1-2-16(15(23)6-11)25-9-10(5-18(25)26)19(27)24-4-3-13-14(22)7-12(21)8-17(13)24/h1-2,6-8,10H,3-5,9H2. The number of nitrogens with zero attached hydrogens (tertiary/aromatic N) is 2. The van der Waals surface area contributed by atoms with E-state index in [0.717, 1.165) is 29.2 Å². The summed E-state index contributed by atoms with van der Waals surface area (Å²) in [7, 11) is 0. The number of anilines is 2. The Morgan fingerprint density at radius 1 is 0.963 bits per heavy atom. The minimum Gasteiger partial charge on any atom is -0.311 e. The molecule has 2 aromatic rings. The van der Waals surface area contributed by atoms with Crippen molar-refractivity contribution < 1.29 is 27.2 Å². The van der Waals surface area contributed by atoms with Crippen LogP contribution in [0.5, 0.6) is 0 Å². The van der Waals surface area contributed by atoms with Crippen LogP contribution in [-0.2, 0) is 16.0 Å². The number of carbonyl (C=O) groups is 2. The van der Waals surface area contributed by atoms with Crippen molar-refractivity contribution in [2.45, 2.75) is 12.8 Å². The van der Waals surface area contributed by atoms with Gasteiger partial charge in [-0.05, 0) is 24.6 Å². The molecule has 0 saturated carbocycles. The number of hydrogen-bond donors (Lipinski definition) is 0. The molecule has 0 spiro atoms. The molecule has 2 aliphatic heterocycles. The monoisotopic (exact) mass is 378 g/mol. The van der Waals surface area contributed by atoms with Crippen molar-refractivity contribution >= 4 is 23.2 Å². The van der Waals surface area contributed by atoms with E-state index in [9.17, 15) is 27.2 Å². The van der Waals surface area contributed by atoms with Crippen molar-refractivity contribution in [2.24, 2.45) is 5.92 Å². The Bertz CT molecular complexity index is 963. The number of carbonyl (C=O) groups excluding carboxylic acids is 2. The average molecular weight is 378 g/mol. The molecule has 2 aromatic carbocycles. The Hall–Kier alpha value is -2.90. The first-order chi connectivity index (χ1) is 12.8. The summed E-state index contributed by atoms with van der Waals surface area (Å²) >= 11 is 0. The highest BCUT2D eigenvalue weighted by Gasteiger charge is 2.40. The molecule has 1 unspecified atom stereocenters. The van der Waals surface area contributed by atoms with Crippen molar-refractivity contribution in [2.75, 3.05) is 22.9 Å². The quantitative estimate of drug-likeness (QED) is 0.754. The van der Waals surface area contributed by atoms with E-state index in [2.05, 4.69) is 0 Å². The second-order valence-electron chi connectivity index (χ2n) is 6.63. The lowest BCUT2D eigenvalue weighted by Gasteiger charge is -2.22. The Morgan fingerprint density at radius 3 is 2.44 bits per heavy atom. The largest absolute Gasteiger partial charge is 0.311 e. The van der Waals surface area contributed by atoms with Gasteiger partial charge in [0.05, 0.1) is 17.3 Å². The van der Waals surface area contributed by atoms with E-state index in [0.29, 0.717) is 6.07 Å². The molecule has 4 nitrogen and oxygen atoms in total. The molecule has 2 aliphatic rings. The molecule has 1 saturated heterocycles. The number of halogens is 4. The number of hydrogen-bond acceptors (Lipinski definition) is 2. The summed E-state index contributed by atoms with van der Waals surface area (Å²) in [5.41, 5.74) is 0.322. The molecule has 0 aromatic heterocycles. The van der Waals surface area contributed by atoms with Gasteiger partial charge in [0.1, 0.15) is 23.3 Å². The Morgan fingerprint density at radius 2 is 1.70 bits per heavy atom. The minimum atomic E-state index is -0.896. The zero-order chi connectivity index (χ0) is 19.3. The predicted octanol–water partition coefficient (Wildman–Crippen LogP) is 3.19. The summed E-state index contributed by atoms with van der Waals surface area (Å²) in [4.78, 5) is 27.5. The van der Waals surface area contributed by atoms with Gasteiger partial charge in [0.2, 0.25) is 11.8 Å². The highest BCUT2D eigenvalue weighted by molar-refractivity contribution is 6.05. The third-order valence-corrected chi connectivity index (χ3v) is 4.95. The maximum absolute atomic E-state index is 14.0. The molecule has 140 valence electrons. The molecule has 0 bridgehead atoms. The van der Waals surface area contributed by atoms with Gasteiger partial charge in [-0.3, -0.25) is 9.59 Å². The van der Waals surface area contributed by atoms with E-state index in [4.69, 9.17) is 0 Å². The van der Waals surface area contributed by atoms with Crippen LogP contribution >= 0.6 is 0 Å². The highest BCUT2D eigenvalue weighted by atomic mass is 19.1. The van der Waals surface area contributed by atoms with E-state index < -0.39 is 41.0 Å². The fraction of sp³-hybridized carbons (Fsp3) is 0.263. The minimum absolute atomic E-state index is 0.0795. The molecule has 1 fully saturated rings. The molecular formula is C19H14F4N2O2. The van der Waals surface area contributed by atoms with Gasteiger partial charge in [-0.2, -0.15) is 0 Å². The van der Waals surface area contributed by atoms with Gasteiger partial charge in [0.15, 0.2) is 0 Å². The SMILES string of the molecule is O=C1CC(C(=O)N2CCc3c(F)cc(F)cc32)CN1c1ccc(F)cc1F. The number of amides is 2. The first-order valence-electron chi connectivity index (χ1n) is 8.40. The summed E-state index contributed by atoms with van der Waals surface area (Å²) in [6.45, 7) is 0.105. The summed E-state index contributed by atoms with van der Waals surface area (Å²) < 4.78 is 54.5. The van der Waals surface area contributed by atoms with Crippen LogP contribution in [0.1, 0.15) is 12.0 Å². The van der Waals surface area contributed by atoms with E-state index in [1.165, 1.54) is 4.90 Å². The maximum Gasteiger partial charge on any atom is 0.232 e. The van der Waals surface area contributed by atoms with Crippen LogP contribution < -0.4 is 9.80 Å². The van der Waals surface area contributed by atoms with E-state index in [-0.39, 0.29) is 42.9 Å². The zero-order valence-electron chi connectivity index (χ0n) is 14.0. The number of rotatable bonds is 2. The van der Waals surface area contributed by atoms with Crippen molar-refractivity contribution in [1.82, 2.24) is 0 Å². The molecule has 2 amide bonds. The second kappa shape index (κ2) is 6.37. The van der Waals surface area contributed by atoms with Crippen LogP contribution in [0.15, 0.2) is 30.3 Å². The predicted molar refractivity (Wildman–Crippen MR) is 89.2 cm³/mol. The summed E-state index contributed by atoms with van der Waals surface area (Å²) in [6, 6.07) is 4.71. The van der Waals surface area contributed by atoms with Crippen molar-refractivity contribution in [1.29, 1.82) is 0 Å². The van der Waals surface area contributed by atoms with Gasteiger partial charge in [-0.25, -0.2) is 17.6 Å². The first-order valence-corrected chi connectivity index (χ1v) is 8.40. The molecule has 2 heterocycles. The topological polar surface area (TPSA) is 40.6 Å². The van der Waals surface area contributed by atoms with Crippen LogP contribution in [0.4, 0.5) is 28.9 Å². The van der Waals surface area contributed by atoms with Gasteiger partial charge in [0.25, 0.3) is 0 Å². The number of fused-ring (bicyclic) bond motifs is 1. The zero-order valence-corrected chi connectivity index (χ0v) is 14.0. The fourth-order valence-corrected chi connectivity index (χ4v) is 3.68. The lowest BCUT2D eigenvalue weighted by Crippen LogP contribution is -2.36. The molecule has 27 heavy (non-hydrogen) atoms. The summed E-state index contributed by atoms with van der Waals surface area (Å²) in [5.74, 6) is -4.86. The van der Waals surface area contributed by atoms with E-state index in [1.54, 1.807) is 0 Å². The lowest BCUT2D eigenvalue weighted by molar-refractivity contribution is -0.124. The Balaban J connectivity index is 1.58. The molecular weight excluding hydrogens is 364 g/mol. The van der Waals surface area contributed by atoms with Crippen molar-refractivity contribution in [3.63, 3.8) is 0 Å². The molecule has 1 atom stereocenters. The Labute approximate surface area is 152 Å². The van der Waals surface area contributed by atoms with Crippen LogP contribution in [0.2, 0.25) is 0 Å². The van der Waals surface area contributed by atoms with Crippen molar-refractivity contribution in [3.05, 3.63) is 59.2 Å².